The number of ether oxygens (including phenoxy) is 2. The fourth-order valence-corrected chi connectivity index (χ4v) is 1.46. The smallest absolute Gasteiger partial charge is 0.399 e. The van der Waals surface area contributed by atoms with Gasteiger partial charge in [-0.2, -0.15) is 26.3 Å². The van der Waals surface area contributed by atoms with Crippen molar-refractivity contribution < 1.29 is 54.9 Å². The maximum absolute atomic E-state index is 12.9. The third kappa shape index (κ3) is 4.59. The molecule has 0 aliphatic carbocycles. The van der Waals surface area contributed by atoms with E-state index >= 15 is 0 Å². The van der Waals surface area contributed by atoms with E-state index in [1.54, 1.807) is 0 Å². The number of rotatable bonds is 5. The average molecular weight is 377 g/mol. The van der Waals surface area contributed by atoms with Gasteiger partial charge in [-0.25, -0.2) is 9.18 Å². The van der Waals surface area contributed by atoms with Crippen molar-refractivity contribution in [2.75, 3.05) is 13.2 Å². The summed E-state index contributed by atoms with van der Waals surface area (Å²) >= 11 is 0. The molecule has 0 N–H and O–H groups in total. The summed E-state index contributed by atoms with van der Waals surface area (Å²) in [6.07, 6.45) is -13.0. The first-order valence-electron chi connectivity index (χ1n) is 6.24. The molecule has 0 spiro atoms. The van der Waals surface area contributed by atoms with Gasteiger partial charge in [0.05, 0.1) is 5.56 Å². The van der Waals surface area contributed by atoms with Gasteiger partial charge in [0.15, 0.2) is 5.60 Å². The molecule has 0 bridgehead atoms. The third-order valence-corrected chi connectivity index (χ3v) is 2.70. The van der Waals surface area contributed by atoms with E-state index in [1.807, 2.05) is 0 Å². The minimum absolute atomic E-state index is 0.296. The average Bonchev–Trinajstić information content (AvgIpc) is 2.47. The molecule has 0 amide bonds. The van der Waals surface area contributed by atoms with Crippen LogP contribution in [0.25, 0.3) is 0 Å². The minimum Gasteiger partial charge on any atom is -0.828 e. The number of hydrogen-bond donors (Lipinski definition) is 0. The van der Waals surface area contributed by atoms with Crippen LogP contribution in [0.4, 0.5) is 30.7 Å². The second kappa shape index (κ2) is 7.25. The predicted molar refractivity (Wildman–Crippen MR) is 62.5 cm³/mol. The lowest BCUT2D eigenvalue weighted by Gasteiger charge is -2.40. The van der Waals surface area contributed by atoms with Gasteiger partial charge in [0.1, 0.15) is 19.0 Å². The number of halogens is 7. The molecule has 25 heavy (non-hydrogen) atoms. The number of carbonyl (C=O) groups excluding carboxylic acids is 2. The molecule has 0 heterocycles. The van der Waals surface area contributed by atoms with Crippen molar-refractivity contribution in [2.45, 2.75) is 18.0 Å². The Balaban J connectivity index is 2.63. The van der Waals surface area contributed by atoms with Gasteiger partial charge in [0.25, 0.3) is 0 Å². The summed E-state index contributed by atoms with van der Waals surface area (Å²) in [4.78, 5) is 22.4. The zero-order valence-corrected chi connectivity index (χ0v) is 11.9. The summed E-state index contributed by atoms with van der Waals surface area (Å²) in [5, 5.41) is 11.0. The quantitative estimate of drug-likeness (QED) is 0.444. The van der Waals surface area contributed by atoms with Crippen LogP contribution in [-0.4, -0.2) is 43.1 Å². The van der Waals surface area contributed by atoms with Gasteiger partial charge in [0.2, 0.25) is 0 Å². The maximum Gasteiger partial charge on any atom is 0.399 e. The Labute approximate surface area is 134 Å². The first kappa shape index (κ1) is 20.7. The highest BCUT2D eigenvalue weighted by Gasteiger charge is 2.68. The van der Waals surface area contributed by atoms with Crippen LogP contribution in [0.15, 0.2) is 24.3 Å². The molecule has 0 fully saturated rings. The van der Waals surface area contributed by atoms with Crippen molar-refractivity contribution in [1.82, 2.24) is 0 Å². The Hall–Kier alpha value is -2.37. The first-order valence-corrected chi connectivity index (χ1v) is 6.24. The molecule has 1 aromatic rings. The van der Waals surface area contributed by atoms with Crippen LogP contribution in [0.2, 0.25) is 0 Å². The lowest BCUT2D eigenvalue weighted by atomic mass is 10.0. The number of hydrogen-bond acceptors (Lipinski definition) is 5. The Bertz CT molecular complexity index is 624. The fraction of sp³-hybridized carbons (Fsp3) is 0.385. The van der Waals surface area contributed by atoms with Gasteiger partial charge in [-0.05, 0) is 18.2 Å². The van der Waals surface area contributed by atoms with Crippen LogP contribution >= 0.6 is 0 Å². The summed E-state index contributed by atoms with van der Waals surface area (Å²) in [5.74, 6) is -5.10. The zero-order valence-electron chi connectivity index (χ0n) is 11.9. The Morgan fingerprint density at radius 3 is 1.96 bits per heavy atom. The fourth-order valence-electron chi connectivity index (χ4n) is 1.46. The molecule has 0 radical (unpaired) electrons. The van der Waals surface area contributed by atoms with E-state index in [1.165, 1.54) is 0 Å². The van der Waals surface area contributed by atoms with Crippen LogP contribution in [0.5, 0.6) is 0 Å². The van der Waals surface area contributed by atoms with Crippen molar-refractivity contribution in [1.29, 1.82) is 0 Å². The van der Waals surface area contributed by atoms with E-state index in [2.05, 4.69) is 9.47 Å². The van der Waals surface area contributed by atoms with E-state index in [9.17, 15) is 45.4 Å². The van der Waals surface area contributed by atoms with E-state index in [0.717, 1.165) is 24.3 Å². The largest absolute Gasteiger partial charge is 0.828 e. The minimum atomic E-state index is -6.49. The van der Waals surface area contributed by atoms with E-state index < -0.39 is 48.9 Å². The molecule has 0 saturated heterocycles. The lowest BCUT2D eigenvalue weighted by Crippen LogP contribution is -2.71. The normalized spacial score (nSPS) is 12.6. The Morgan fingerprint density at radius 1 is 0.960 bits per heavy atom. The molecule has 1 aromatic carbocycles. The van der Waals surface area contributed by atoms with Crippen LogP contribution in [0, 0.1) is 5.82 Å². The van der Waals surface area contributed by atoms with Crippen molar-refractivity contribution in [2.24, 2.45) is 0 Å². The maximum atomic E-state index is 12.9. The van der Waals surface area contributed by atoms with Gasteiger partial charge in [-0.15, -0.1) is 0 Å². The second-order valence-electron chi connectivity index (χ2n) is 4.46. The lowest BCUT2D eigenvalue weighted by molar-refractivity contribution is -0.574. The summed E-state index contributed by atoms with van der Waals surface area (Å²) in [6, 6.07) is 4.02. The highest BCUT2D eigenvalue weighted by Crippen LogP contribution is 2.41. The molecule has 0 saturated carbocycles. The molecule has 5 nitrogen and oxygen atoms in total. The molecule has 1 rings (SSSR count). The van der Waals surface area contributed by atoms with Crippen LogP contribution in [-0.2, 0) is 14.3 Å². The van der Waals surface area contributed by atoms with Crippen LogP contribution in [0.1, 0.15) is 10.4 Å². The molecule has 0 aliphatic heterocycles. The van der Waals surface area contributed by atoms with Crippen molar-refractivity contribution in [3.63, 3.8) is 0 Å². The van der Waals surface area contributed by atoms with Crippen LogP contribution in [0.3, 0.4) is 0 Å². The standard InChI is InChI=1S/C13H8F7O5/c14-8-3-1-2-7(6-8)9(21)24-4-5-25-10(22)11(23,12(15,16)17)13(18,19)20/h1-3,6H,4-5H2/q-1. The monoisotopic (exact) mass is 377 g/mol. The van der Waals surface area contributed by atoms with Gasteiger partial charge >= 0.3 is 24.3 Å². The Kier molecular flexibility index (Phi) is 6.00. The van der Waals surface area contributed by atoms with Gasteiger partial charge < -0.3 is 14.6 Å². The van der Waals surface area contributed by atoms with Crippen molar-refractivity contribution in [3.8, 4) is 0 Å². The summed E-state index contributed by atoms with van der Waals surface area (Å²) in [7, 11) is 0. The van der Waals surface area contributed by atoms with Crippen LogP contribution < -0.4 is 5.11 Å². The van der Waals surface area contributed by atoms with Crippen molar-refractivity contribution in [3.05, 3.63) is 35.6 Å². The van der Waals surface area contributed by atoms with Gasteiger partial charge in [0, 0.05) is 0 Å². The molecule has 12 heteroatoms. The highest BCUT2D eigenvalue weighted by molar-refractivity contribution is 5.89. The topological polar surface area (TPSA) is 75.7 Å². The summed E-state index contributed by atoms with van der Waals surface area (Å²) in [6.45, 7) is -2.19. The molecule has 0 unspecified atom stereocenters. The zero-order chi connectivity index (χ0) is 19.5. The highest BCUT2D eigenvalue weighted by atomic mass is 19.4. The number of benzene rings is 1. The summed E-state index contributed by atoms with van der Waals surface area (Å²) in [5.41, 5.74) is -6.26. The van der Waals surface area contributed by atoms with E-state index in [-0.39, 0.29) is 5.56 Å². The molecule has 0 aliphatic rings. The first-order chi connectivity index (χ1) is 11.3. The van der Waals surface area contributed by atoms with Gasteiger partial charge in [-0.3, -0.25) is 4.79 Å². The molecular weight excluding hydrogens is 369 g/mol. The summed E-state index contributed by atoms with van der Waals surface area (Å²) < 4.78 is 94.6. The molecule has 140 valence electrons. The molecule has 0 aromatic heterocycles. The van der Waals surface area contributed by atoms with Crippen molar-refractivity contribution >= 4 is 11.9 Å². The second-order valence-corrected chi connectivity index (χ2v) is 4.46. The SMILES string of the molecule is O=C(OCCOC(=O)C([O-])(C(F)(F)F)C(F)(F)F)c1cccc(F)c1. The third-order valence-electron chi connectivity index (χ3n) is 2.70. The number of esters is 2. The van der Waals surface area contributed by atoms with Gasteiger partial charge in [-0.1, -0.05) is 6.07 Å². The Morgan fingerprint density at radius 2 is 1.48 bits per heavy atom. The van der Waals surface area contributed by atoms with E-state index in [4.69, 9.17) is 0 Å². The molecule has 0 atom stereocenters. The van der Waals surface area contributed by atoms with E-state index in [0.29, 0.717) is 0 Å². The number of alkyl halides is 6. The number of carbonyl (C=O) groups is 2. The molecular formula is C13H8F7O5-. The predicted octanol–water partition coefficient (Wildman–Crippen LogP) is 1.75.